The Morgan fingerprint density at radius 2 is 1.89 bits per heavy atom. The number of allylic oxidation sites excluding steroid dienone is 1. The normalized spacial score (nSPS) is 15.7. The van der Waals surface area contributed by atoms with Gasteiger partial charge in [-0.05, 0) is 47.2 Å². The van der Waals surface area contributed by atoms with Gasteiger partial charge < -0.3 is 15.4 Å². The van der Waals surface area contributed by atoms with E-state index in [1.807, 2.05) is 61.5 Å². The van der Waals surface area contributed by atoms with Gasteiger partial charge in [-0.2, -0.15) is 4.68 Å². The van der Waals surface area contributed by atoms with Gasteiger partial charge in [0.1, 0.15) is 11.8 Å². The predicted octanol–water partition coefficient (Wildman–Crippen LogP) is 2.61. The van der Waals surface area contributed by atoms with Gasteiger partial charge in [-0.15, -0.1) is 0 Å². The summed E-state index contributed by atoms with van der Waals surface area (Å²) in [5.74, 6) is 1.01. The van der Waals surface area contributed by atoms with E-state index in [0.717, 1.165) is 17.0 Å². The lowest BCUT2D eigenvalue weighted by Gasteiger charge is -2.28. The van der Waals surface area contributed by atoms with Crippen LogP contribution in [0.2, 0.25) is 0 Å². The van der Waals surface area contributed by atoms with Crippen LogP contribution in [-0.4, -0.2) is 33.2 Å². The summed E-state index contributed by atoms with van der Waals surface area (Å²) in [4.78, 5) is 13.1. The molecule has 1 amide bonds. The summed E-state index contributed by atoms with van der Waals surface area (Å²) >= 11 is 0. The number of para-hydroxylation sites is 1. The molecule has 4 rings (SSSR count). The highest BCUT2D eigenvalue weighted by molar-refractivity contribution is 6.05. The summed E-state index contributed by atoms with van der Waals surface area (Å²) in [6, 6.07) is 16.4. The number of tetrazole rings is 1. The largest absolute Gasteiger partial charge is 0.497 e. The maximum atomic E-state index is 13.1. The van der Waals surface area contributed by atoms with Crippen LogP contribution in [0, 0.1) is 0 Å². The van der Waals surface area contributed by atoms with E-state index in [4.69, 9.17) is 4.74 Å². The molecule has 1 aliphatic rings. The van der Waals surface area contributed by atoms with Gasteiger partial charge in [0.25, 0.3) is 5.91 Å². The van der Waals surface area contributed by atoms with Gasteiger partial charge in [0.2, 0.25) is 5.95 Å². The fourth-order valence-electron chi connectivity index (χ4n) is 3.12. The van der Waals surface area contributed by atoms with Crippen molar-refractivity contribution in [1.29, 1.82) is 0 Å². The average Bonchev–Trinajstić information content (AvgIpc) is 3.15. The fraction of sp³-hybridized carbons (Fsp3) is 0.158. The van der Waals surface area contributed by atoms with Crippen LogP contribution in [0.25, 0.3) is 0 Å². The van der Waals surface area contributed by atoms with Crippen LogP contribution in [0.15, 0.2) is 65.9 Å². The molecule has 136 valence electrons. The predicted molar refractivity (Wildman–Crippen MR) is 100 cm³/mol. The summed E-state index contributed by atoms with van der Waals surface area (Å²) in [6.45, 7) is 1.84. The van der Waals surface area contributed by atoms with E-state index in [1.165, 1.54) is 0 Å². The topological polar surface area (TPSA) is 94.0 Å². The number of nitrogens with one attached hydrogen (secondary N) is 2. The zero-order valence-corrected chi connectivity index (χ0v) is 14.9. The minimum atomic E-state index is -0.453. The lowest BCUT2D eigenvalue weighted by atomic mass is 9.95. The molecule has 1 aliphatic heterocycles. The molecule has 0 unspecified atom stereocenters. The number of aromatic nitrogens is 4. The number of carbonyl (C=O) groups is 1. The first-order valence-electron chi connectivity index (χ1n) is 8.43. The van der Waals surface area contributed by atoms with Crippen molar-refractivity contribution in [2.75, 3.05) is 17.7 Å². The number of hydrogen-bond acceptors (Lipinski definition) is 6. The lowest BCUT2D eigenvalue weighted by molar-refractivity contribution is -0.113. The van der Waals surface area contributed by atoms with E-state index in [2.05, 4.69) is 26.2 Å². The summed E-state index contributed by atoms with van der Waals surface area (Å²) < 4.78 is 6.84. The molecule has 3 aromatic rings. The molecule has 1 aromatic heterocycles. The van der Waals surface area contributed by atoms with Crippen molar-refractivity contribution in [3.63, 3.8) is 0 Å². The van der Waals surface area contributed by atoms with Crippen LogP contribution in [0.1, 0.15) is 18.5 Å². The Morgan fingerprint density at radius 3 is 2.59 bits per heavy atom. The molecule has 0 fully saturated rings. The van der Waals surface area contributed by atoms with Gasteiger partial charge >= 0.3 is 0 Å². The molecule has 0 saturated heterocycles. The van der Waals surface area contributed by atoms with Crippen molar-refractivity contribution < 1.29 is 9.53 Å². The number of anilines is 2. The number of carbonyl (C=O) groups excluding carboxylic acids is 1. The van der Waals surface area contributed by atoms with Gasteiger partial charge in [-0.25, -0.2) is 0 Å². The van der Waals surface area contributed by atoms with Crippen molar-refractivity contribution in [3.8, 4) is 5.75 Å². The van der Waals surface area contributed by atoms with Crippen LogP contribution in [-0.2, 0) is 4.79 Å². The number of hydrogen-bond donors (Lipinski definition) is 2. The molecule has 8 heteroatoms. The summed E-state index contributed by atoms with van der Waals surface area (Å²) in [5.41, 5.74) is 2.84. The van der Waals surface area contributed by atoms with Crippen molar-refractivity contribution >= 4 is 17.5 Å². The Hall–Kier alpha value is -3.68. The third kappa shape index (κ3) is 3.12. The van der Waals surface area contributed by atoms with Gasteiger partial charge in [0.15, 0.2) is 0 Å². The highest BCUT2D eigenvalue weighted by Gasteiger charge is 2.34. The van der Waals surface area contributed by atoms with Crippen molar-refractivity contribution in [3.05, 3.63) is 71.4 Å². The van der Waals surface area contributed by atoms with Crippen LogP contribution in [0.4, 0.5) is 11.6 Å². The second-order valence-corrected chi connectivity index (χ2v) is 6.11. The zero-order chi connectivity index (χ0) is 18.8. The maximum absolute atomic E-state index is 13.1. The van der Waals surface area contributed by atoms with Crippen LogP contribution >= 0.6 is 0 Å². The molecule has 2 aromatic carbocycles. The van der Waals surface area contributed by atoms with E-state index in [9.17, 15) is 4.79 Å². The minimum absolute atomic E-state index is 0.215. The quantitative estimate of drug-likeness (QED) is 0.741. The minimum Gasteiger partial charge on any atom is -0.497 e. The standard InChI is InChI=1S/C19H18N6O2/c1-12-16(18(26)21-14-6-4-3-5-7-14)17(25-19(20-12)22-23-24-25)13-8-10-15(27-2)11-9-13/h3-11,17H,1-2H3,(H,21,26)(H,20,22,24)/t17-/m0/s1. The molecule has 0 saturated carbocycles. The van der Waals surface area contributed by atoms with E-state index in [-0.39, 0.29) is 5.91 Å². The third-order valence-electron chi connectivity index (χ3n) is 4.42. The molecule has 0 bridgehead atoms. The highest BCUT2D eigenvalue weighted by Crippen LogP contribution is 2.35. The summed E-state index contributed by atoms with van der Waals surface area (Å²) in [7, 11) is 1.61. The SMILES string of the molecule is COc1ccc([C@H]2C(C(=O)Nc3ccccc3)=C(C)Nc3nnnn32)cc1. The molecule has 0 radical (unpaired) electrons. The van der Waals surface area contributed by atoms with Crippen molar-refractivity contribution in [2.24, 2.45) is 0 Å². The summed E-state index contributed by atoms with van der Waals surface area (Å²) in [5, 5.41) is 17.9. The Bertz CT molecular complexity index is 995. The van der Waals surface area contributed by atoms with Crippen LogP contribution < -0.4 is 15.4 Å². The Morgan fingerprint density at radius 1 is 1.15 bits per heavy atom. The second kappa shape index (κ2) is 6.91. The molecule has 8 nitrogen and oxygen atoms in total. The second-order valence-electron chi connectivity index (χ2n) is 6.11. The number of amides is 1. The number of nitrogens with zero attached hydrogens (tertiary/aromatic N) is 4. The van der Waals surface area contributed by atoms with Gasteiger partial charge in [0.05, 0.1) is 12.7 Å². The Balaban J connectivity index is 1.75. The molecule has 0 spiro atoms. The van der Waals surface area contributed by atoms with Crippen LogP contribution in [0.3, 0.4) is 0 Å². The Labute approximate surface area is 155 Å². The fourth-order valence-corrected chi connectivity index (χ4v) is 3.12. The van der Waals surface area contributed by atoms with Crippen molar-refractivity contribution in [1.82, 2.24) is 20.2 Å². The molecule has 27 heavy (non-hydrogen) atoms. The number of benzene rings is 2. The molecular formula is C19H18N6O2. The smallest absolute Gasteiger partial charge is 0.255 e. The van der Waals surface area contributed by atoms with E-state index < -0.39 is 6.04 Å². The van der Waals surface area contributed by atoms with Gasteiger partial charge in [-0.3, -0.25) is 4.79 Å². The van der Waals surface area contributed by atoms with E-state index in [1.54, 1.807) is 11.8 Å². The molecule has 0 aliphatic carbocycles. The first-order chi connectivity index (χ1) is 13.2. The zero-order valence-electron chi connectivity index (χ0n) is 14.9. The highest BCUT2D eigenvalue weighted by atomic mass is 16.5. The number of rotatable bonds is 4. The molecule has 2 N–H and O–H groups in total. The average molecular weight is 362 g/mol. The first-order valence-corrected chi connectivity index (χ1v) is 8.43. The van der Waals surface area contributed by atoms with E-state index in [0.29, 0.717) is 17.2 Å². The van der Waals surface area contributed by atoms with E-state index >= 15 is 0 Å². The molecule has 2 heterocycles. The van der Waals surface area contributed by atoms with Crippen LogP contribution in [0.5, 0.6) is 5.75 Å². The number of ether oxygens (including phenoxy) is 1. The number of fused-ring (bicyclic) bond motifs is 1. The summed E-state index contributed by atoms with van der Waals surface area (Å²) in [6.07, 6.45) is 0. The van der Waals surface area contributed by atoms with Gasteiger partial charge in [0, 0.05) is 11.4 Å². The number of methoxy groups -OCH3 is 1. The van der Waals surface area contributed by atoms with Gasteiger partial charge in [-0.1, -0.05) is 35.4 Å². The third-order valence-corrected chi connectivity index (χ3v) is 4.42. The van der Waals surface area contributed by atoms with Crippen molar-refractivity contribution in [2.45, 2.75) is 13.0 Å². The molecular weight excluding hydrogens is 344 g/mol. The maximum Gasteiger partial charge on any atom is 0.255 e. The first kappa shape index (κ1) is 16.8. The lowest BCUT2D eigenvalue weighted by Crippen LogP contribution is -2.31. The molecule has 1 atom stereocenters. The Kier molecular flexibility index (Phi) is 4.29. The monoisotopic (exact) mass is 362 g/mol.